The van der Waals surface area contributed by atoms with E-state index >= 15 is 0 Å². The average molecular weight is 385 g/mol. The average Bonchev–Trinajstić information content (AvgIpc) is 2.76. The fourth-order valence-corrected chi connectivity index (χ4v) is 4.40. The summed E-state index contributed by atoms with van der Waals surface area (Å²) in [5.74, 6) is -0.649. The lowest BCUT2D eigenvalue weighted by Gasteiger charge is -2.07. The number of rotatable bonds is 4. The van der Waals surface area contributed by atoms with Crippen LogP contribution in [0, 0.1) is 5.82 Å². The smallest absolute Gasteiger partial charge is 0.207 e. The van der Waals surface area contributed by atoms with Crippen LogP contribution < -0.4 is 4.72 Å². The number of hydrogen-bond donors (Lipinski definition) is 1. The Bertz CT molecular complexity index is 702. The molecule has 0 fully saturated rings. The highest BCUT2D eigenvalue weighted by molar-refractivity contribution is 9.11. The fourth-order valence-electron chi connectivity index (χ4n) is 1.37. The minimum atomic E-state index is -3.83. The van der Waals surface area contributed by atoms with E-state index < -0.39 is 15.8 Å². The van der Waals surface area contributed by atoms with Gasteiger partial charge in [0, 0.05) is 11.4 Å². The molecule has 1 aromatic carbocycles. The topological polar surface area (TPSA) is 46.2 Å². The molecule has 0 spiro atoms. The molecule has 2 rings (SSSR count). The highest BCUT2D eigenvalue weighted by Crippen LogP contribution is 2.24. The second-order valence-electron chi connectivity index (χ2n) is 3.61. The number of benzene rings is 1. The maximum atomic E-state index is 13.1. The summed E-state index contributed by atoms with van der Waals surface area (Å²) in [7, 11) is -3.83. The molecular weight excluding hydrogens is 377 g/mol. The summed E-state index contributed by atoms with van der Waals surface area (Å²) in [6, 6.07) is 6.84. The largest absolute Gasteiger partial charge is 0.242 e. The molecule has 1 aromatic heterocycles. The van der Waals surface area contributed by atoms with E-state index in [9.17, 15) is 12.8 Å². The third kappa shape index (κ3) is 3.76. The van der Waals surface area contributed by atoms with E-state index in [1.807, 2.05) is 6.07 Å². The van der Waals surface area contributed by atoms with Crippen molar-refractivity contribution in [3.63, 3.8) is 0 Å². The Labute approximate surface area is 127 Å². The quantitative estimate of drug-likeness (QED) is 0.872. The van der Waals surface area contributed by atoms with Gasteiger partial charge >= 0.3 is 0 Å². The summed E-state index contributed by atoms with van der Waals surface area (Å²) in [5.41, 5.74) is 0. The first-order valence-corrected chi connectivity index (χ1v) is 8.54. The first kappa shape index (κ1) is 14.9. The molecule has 0 unspecified atom stereocenters. The number of sulfonamides is 1. The summed E-state index contributed by atoms with van der Waals surface area (Å²) in [6.07, 6.45) is 0. The van der Waals surface area contributed by atoms with Gasteiger partial charge in [0.15, 0.2) is 0 Å². The number of thiophene rings is 1. The molecule has 0 amide bonds. The van der Waals surface area contributed by atoms with Crippen molar-refractivity contribution in [2.45, 2.75) is 11.4 Å². The van der Waals surface area contributed by atoms with Gasteiger partial charge in [0.25, 0.3) is 0 Å². The molecule has 0 bridgehead atoms. The van der Waals surface area contributed by atoms with Gasteiger partial charge in [-0.3, -0.25) is 0 Å². The van der Waals surface area contributed by atoms with Crippen LogP contribution in [0.2, 0.25) is 5.02 Å². The van der Waals surface area contributed by atoms with Crippen molar-refractivity contribution in [3.8, 4) is 0 Å². The van der Waals surface area contributed by atoms with E-state index in [0.29, 0.717) is 0 Å². The van der Waals surface area contributed by atoms with E-state index in [-0.39, 0.29) is 16.5 Å². The lowest BCUT2D eigenvalue weighted by atomic mass is 10.3. The van der Waals surface area contributed by atoms with Crippen LogP contribution in [0.15, 0.2) is 39.0 Å². The van der Waals surface area contributed by atoms with Crippen molar-refractivity contribution in [3.05, 3.63) is 49.8 Å². The zero-order valence-electron chi connectivity index (χ0n) is 9.36. The molecule has 0 atom stereocenters. The maximum Gasteiger partial charge on any atom is 0.242 e. The first-order chi connectivity index (χ1) is 8.88. The van der Waals surface area contributed by atoms with Crippen LogP contribution in [0.25, 0.3) is 0 Å². The zero-order valence-corrected chi connectivity index (χ0v) is 13.3. The molecule has 0 aliphatic rings. The fraction of sp³-hybridized carbons (Fsp3) is 0.0909. The second-order valence-corrected chi connectivity index (χ2v) is 8.30. The Hall–Kier alpha value is -0.470. The molecule has 0 saturated heterocycles. The van der Waals surface area contributed by atoms with Crippen molar-refractivity contribution in [1.29, 1.82) is 0 Å². The van der Waals surface area contributed by atoms with Crippen molar-refractivity contribution >= 4 is 48.9 Å². The van der Waals surface area contributed by atoms with E-state index in [4.69, 9.17) is 11.6 Å². The van der Waals surface area contributed by atoms with Crippen LogP contribution in [0.5, 0.6) is 0 Å². The van der Waals surface area contributed by atoms with Crippen LogP contribution in [0.4, 0.5) is 4.39 Å². The Morgan fingerprint density at radius 1 is 1.32 bits per heavy atom. The van der Waals surface area contributed by atoms with Gasteiger partial charge in [-0.1, -0.05) is 11.6 Å². The van der Waals surface area contributed by atoms with E-state index in [2.05, 4.69) is 20.7 Å². The Balaban J connectivity index is 2.20. The Kier molecular flexibility index (Phi) is 4.62. The van der Waals surface area contributed by atoms with E-state index in [1.54, 1.807) is 6.07 Å². The van der Waals surface area contributed by atoms with Gasteiger partial charge in [0.05, 0.1) is 8.81 Å². The van der Waals surface area contributed by atoms with Gasteiger partial charge < -0.3 is 0 Å². The number of halogens is 3. The van der Waals surface area contributed by atoms with Crippen molar-refractivity contribution in [1.82, 2.24) is 4.72 Å². The zero-order chi connectivity index (χ0) is 14.0. The molecular formula is C11H8BrClFNO2S2. The van der Waals surface area contributed by atoms with Crippen LogP contribution in [-0.2, 0) is 16.6 Å². The van der Waals surface area contributed by atoms with Crippen molar-refractivity contribution in [2.24, 2.45) is 0 Å². The highest BCUT2D eigenvalue weighted by Gasteiger charge is 2.18. The molecule has 0 radical (unpaired) electrons. The number of hydrogen-bond acceptors (Lipinski definition) is 3. The van der Waals surface area contributed by atoms with Gasteiger partial charge in [0.1, 0.15) is 10.7 Å². The third-order valence-corrected chi connectivity index (χ3v) is 5.75. The first-order valence-electron chi connectivity index (χ1n) is 5.07. The molecule has 3 nitrogen and oxygen atoms in total. The second kappa shape index (κ2) is 5.88. The van der Waals surface area contributed by atoms with Crippen LogP contribution in [0.1, 0.15) is 4.88 Å². The molecule has 2 aromatic rings. The molecule has 8 heteroatoms. The predicted octanol–water partition coefficient (Wildman–Crippen LogP) is 3.78. The summed E-state index contributed by atoms with van der Waals surface area (Å²) >= 11 is 10.5. The van der Waals surface area contributed by atoms with Gasteiger partial charge in [0.2, 0.25) is 10.0 Å². The lowest BCUT2D eigenvalue weighted by molar-refractivity contribution is 0.578. The number of nitrogens with one attached hydrogen (secondary N) is 1. The van der Waals surface area contributed by atoms with Gasteiger partial charge in [-0.05, 0) is 46.3 Å². The molecule has 1 heterocycles. The van der Waals surface area contributed by atoms with Gasteiger partial charge in [-0.15, -0.1) is 11.3 Å². The molecule has 0 saturated carbocycles. The van der Waals surface area contributed by atoms with Crippen LogP contribution in [0.3, 0.4) is 0 Å². The van der Waals surface area contributed by atoms with E-state index in [0.717, 1.165) is 20.8 Å². The maximum absolute atomic E-state index is 13.1. The van der Waals surface area contributed by atoms with Crippen molar-refractivity contribution in [2.75, 3.05) is 0 Å². The Morgan fingerprint density at radius 2 is 2.05 bits per heavy atom. The highest BCUT2D eigenvalue weighted by atomic mass is 79.9. The predicted molar refractivity (Wildman–Crippen MR) is 77.5 cm³/mol. The standard InChI is InChI=1S/C11H8BrClFNO2S2/c12-11-4-2-8(18-11)6-15-19(16,17)10-5-7(14)1-3-9(10)13/h1-5,15H,6H2. The molecule has 102 valence electrons. The van der Waals surface area contributed by atoms with Crippen LogP contribution >= 0.6 is 38.9 Å². The molecule has 19 heavy (non-hydrogen) atoms. The summed E-state index contributed by atoms with van der Waals surface area (Å²) in [6.45, 7) is 0.130. The normalized spacial score (nSPS) is 11.7. The summed E-state index contributed by atoms with van der Waals surface area (Å²) in [5, 5.41) is -0.0127. The van der Waals surface area contributed by atoms with Crippen molar-refractivity contribution < 1.29 is 12.8 Å². The Morgan fingerprint density at radius 3 is 2.68 bits per heavy atom. The van der Waals surface area contributed by atoms with Gasteiger partial charge in [-0.2, -0.15) is 0 Å². The molecule has 1 N–H and O–H groups in total. The SMILES string of the molecule is O=S(=O)(NCc1ccc(Br)s1)c1cc(F)ccc1Cl. The third-order valence-electron chi connectivity index (χ3n) is 2.25. The van der Waals surface area contributed by atoms with E-state index in [1.165, 1.54) is 17.4 Å². The lowest BCUT2D eigenvalue weighted by Crippen LogP contribution is -2.23. The van der Waals surface area contributed by atoms with Gasteiger partial charge in [-0.25, -0.2) is 17.5 Å². The molecule has 0 aliphatic heterocycles. The summed E-state index contributed by atoms with van der Waals surface area (Å²) in [4.78, 5) is 0.577. The molecule has 0 aliphatic carbocycles. The minimum Gasteiger partial charge on any atom is -0.207 e. The van der Waals surface area contributed by atoms with Crippen LogP contribution in [-0.4, -0.2) is 8.42 Å². The monoisotopic (exact) mass is 383 g/mol. The summed E-state index contributed by atoms with van der Waals surface area (Å²) < 4.78 is 40.4. The minimum absolute atomic E-state index is 0.0127.